The van der Waals surface area contributed by atoms with Crippen molar-refractivity contribution < 1.29 is 4.48 Å². The van der Waals surface area contributed by atoms with E-state index in [4.69, 9.17) is 0 Å². The number of piperidine rings is 1. The van der Waals surface area contributed by atoms with Crippen LogP contribution < -0.4 is 0 Å². The molecule has 1 aliphatic heterocycles. The predicted molar refractivity (Wildman–Crippen MR) is 94.7 cm³/mol. The zero-order chi connectivity index (χ0) is 15.4. The number of hydrogen-bond acceptors (Lipinski definition) is 1. The molecule has 1 heterocycles. The fourth-order valence-corrected chi connectivity index (χ4v) is 3.65. The second-order valence-electron chi connectivity index (χ2n) is 7.63. The average molecular weight is 298 g/mol. The first-order chi connectivity index (χ1) is 10.2. The predicted octanol–water partition coefficient (Wildman–Crippen LogP) is 4.69. The largest absolute Gasteiger partial charge is 0.326 e. The minimum Gasteiger partial charge on any atom is -0.326 e. The molecule has 0 unspecified atom stereocenters. The standard InChI is InChI=1S/C19H41N2/c1-4-5-6-10-15-20(2)16-11-7-8-12-17-21(3)18-13-9-14-19-21/h4-19H2,1-3H3/q+1. The second-order valence-corrected chi connectivity index (χ2v) is 7.63. The van der Waals surface area contributed by atoms with E-state index in [1.165, 1.54) is 108 Å². The quantitative estimate of drug-likeness (QED) is 0.373. The highest BCUT2D eigenvalue weighted by Crippen LogP contribution is 2.17. The molecular formula is C19H41N2+. The molecule has 0 spiro atoms. The van der Waals surface area contributed by atoms with Crippen molar-refractivity contribution in [1.29, 1.82) is 0 Å². The molecule has 2 nitrogen and oxygen atoms in total. The minimum absolute atomic E-state index is 1.30. The van der Waals surface area contributed by atoms with Crippen LogP contribution in [0, 0.1) is 0 Å². The number of nitrogens with zero attached hydrogens (tertiary/aromatic N) is 2. The van der Waals surface area contributed by atoms with Gasteiger partial charge in [-0.15, -0.1) is 0 Å². The summed E-state index contributed by atoms with van der Waals surface area (Å²) < 4.78 is 1.36. The molecule has 0 radical (unpaired) electrons. The van der Waals surface area contributed by atoms with Crippen molar-refractivity contribution in [3.05, 3.63) is 0 Å². The molecule has 0 bridgehead atoms. The molecule has 0 aliphatic carbocycles. The second kappa shape index (κ2) is 11.5. The Morgan fingerprint density at radius 2 is 1.33 bits per heavy atom. The molecule has 0 amide bonds. The zero-order valence-corrected chi connectivity index (χ0v) is 15.2. The highest BCUT2D eigenvalue weighted by molar-refractivity contribution is 4.55. The highest BCUT2D eigenvalue weighted by Gasteiger charge is 2.23. The maximum Gasteiger partial charge on any atom is 0.0784 e. The van der Waals surface area contributed by atoms with Crippen LogP contribution in [0.5, 0.6) is 0 Å². The Morgan fingerprint density at radius 3 is 1.95 bits per heavy atom. The summed E-state index contributed by atoms with van der Waals surface area (Å²) >= 11 is 0. The van der Waals surface area contributed by atoms with Gasteiger partial charge in [-0.2, -0.15) is 0 Å². The third-order valence-electron chi connectivity index (χ3n) is 5.28. The van der Waals surface area contributed by atoms with E-state index in [0.29, 0.717) is 0 Å². The molecule has 1 rings (SSSR count). The van der Waals surface area contributed by atoms with Crippen molar-refractivity contribution >= 4 is 0 Å². The summed E-state index contributed by atoms with van der Waals surface area (Å²) in [6, 6.07) is 0. The zero-order valence-electron chi connectivity index (χ0n) is 15.2. The van der Waals surface area contributed by atoms with Gasteiger partial charge in [-0.25, -0.2) is 0 Å². The van der Waals surface area contributed by atoms with E-state index < -0.39 is 0 Å². The smallest absolute Gasteiger partial charge is 0.0784 e. The molecule has 1 aliphatic rings. The van der Waals surface area contributed by atoms with Crippen molar-refractivity contribution in [2.75, 3.05) is 46.8 Å². The molecular weight excluding hydrogens is 256 g/mol. The summed E-state index contributed by atoms with van der Waals surface area (Å²) in [7, 11) is 4.77. The van der Waals surface area contributed by atoms with Gasteiger partial charge in [-0.1, -0.05) is 32.6 Å². The lowest BCUT2D eigenvalue weighted by Gasteiger charge is -2.37. The third-order valence-corrected chi connectivity index (χ3v) is 5.28. The van der Waals surface area contributed by atoms with Crippen LogP contribution in [0.2, 0.25) is 0 Å². The number of rotatable bonds is 12. The molecule has 0 saturated carbocycles. The highest BCUT2D eigenvalue weighted by atomic mass is 15.3. The Labute approximate surface area is 134 Å². The maximum absolute atomic E-state index is 2.54. The van der Waals surface area contributed by atoms with Gasteiger partial charge in [0.15, 0.2) is 0 Å². The lowest BCUT2D eigenvalue weighted by atomic mass is 10.1. The van der Waals surface area contributed by atoms with Gasteiger partial charge < -0.3 is 9.38 Å². The molecule has 0 aromatic heterocycles. The van der Waals surface area contributed by atoms with Crippen LogP contribution in [0.15, 0.2) is 0 Å². The molecule has 2 heteroatoms. The minimum atomic E-state index is 1.30. The Bertz CT molecular complexity index is 234. The van der Waals surface area contributed by atoms with Gasteiger partial charge in [0.25, 0.3) is 0 Å². The van der Waals surface area contributed by atoms with E-state index in [2.05, 4.69) is 25.9 Å². The molecule has 1 saturated heterocycles. The van der Waals surface area contributed by atoms with Crippen LogP contribution in [0.3, 0.4) is 0 Å². The topological polar surface area (TPSA) is 3.24 Å². The van der Waals surface area contributed by atoms with Crippen molar-refractivity contribution in [2.24, 2.45) is 0 Å². The molecule has 0 N–H and O–H groups in total. The fourth-order valence-electron chi connectivity index (χ4n) is 3.65. The lowest BCUT2D eigenvalue weighted by Crippen LogP contribution is -2.48. The first-order valence-electron chi connectivity index (χ1n) is 9.68. The number of quaternary nitrogens is 1. The van der Waals surface area contributed by atoms with E-state index in [1.54, 1.807) is 0 Å². The summed E-state index contributed by atoms with van der Waals surface area (Å²) in [5, 5.41) is 0. The van der Waals surface area contributed by atoms with Crippen LogP contribution in [-0.4, -0.2) is 56.2 Å². The van der Waals surface area contributed by atoms with E-state index in [0.717, 1.165) is 0 Å². The molecule has 21 heavy (non-hydrogen) atoms. The molecule has 0 atom stereocenters. The lowest BCUT2D eigenvalue weighted by molar-refractivity contribution is -0.914. The van der Waals surface area contributed by atoms with E-state index in [1.807, 2.05) is 0 Å². The third kappa shape index (κ3) is 9.52. The van der Waals surface area contributed by atoms with Crippen molar-refractivity contribution in [2.45, 2.75) is 77.6 Å². The van der Waals surface area contributed by atoms with Gasteiger partial charge in [0.2, 0.25) is 0 Å². The summed E-state index contributed by atoms with van der Waals surface area (Å²) in [5.74, 6) is 0. The van der Waals surface area contributed by atoms with Crippen LogP contribution in [-0.2, 0) is 0 Å². The van der Waals surface area contributed by atoms with Gasteiger partial charge in [0.1, 0.15) is 0 Å². The van der Waals surface area contributed by atoms with Crippen LogP contribution >= 0.6 is 0 Å². The van der Waals surface area contributed by atoms with Gasteiger partial charge >= 0.3 is 0 Å². The van der Waals surface area contributed by atoms with Gasteiger partial charge in [0, 0.05) is 0 Å². The fraction of sp³-hybridized carbons (Fsp3) is 1.00. The summed E-state index contributed by atoms with van der Waals surface area (Å²) in [6.07, 6.45) is 15.7. The Hall–Kier alpha value is -0.0800. The Morgan fingerprint density at radius 1 is 0.762 bits per heavy atom. The summed E-state index contributed by atoms with van der Waals surface area (Å²) in [6.45, 7) is 9.18. The summed E-state index contributed by atoms with van der Waals surface area (Å²) in [5.41, 5.74) is 0. The van der Waals surface area contributed by atoms with Crippen molar-refractivity contribution in [1.82, 2.24) is 4.90 Å². The van der Waals surface area contributed by atoms with E-state index in [9.17, 15) is 0 Å². The van der Waals surface area contributed by atoms with Crippen LogP contribution in [0.4, 0.5) is 0 Å². The number of unbranched alkanes of at least 4 members (excludes halogenated alkanes) is 6. The Balaban J connectivity index is 1.89. The first-order valence-corrected chi connectivity index (χ1v) is 9.68. The maximum atomic E-state index is 2.54. The van der Waals surface area contributed by atoms with Gasteiger partial charge in [-0.05, 0) is 65.1 Å². The molecule has 1 fully saturated rings. The van der Waals surface area contributed by atoms with Gasteiger partial charge in [0.05, 0.1) is 26.7 Å². The van der Waals surface area contributed by atoms with Crippen LogP contribution in [0.1, 0.15) is 77.6 Å². The van der Waals surface area contributed by atoms with Gasteiger partial charge in [-0.3, -0.25) is 0 Å². The number of likely N-dealkylation sites (tertiary alicyclic amines) is 1. The van der Waals surface area contributed by atoms with Crippen LogP contribution in [0.25, 0.3) is 0 Å². The monoisotopic (exact) mass is 297 g/mol. The summed E-state index contributed by atoms with van der Waals surface area (Å²) in [4.78, 5) is 2.54. The molecule has 126 valence electrons. The van der Waals surface area contributed by atoms with E-state index >= 15 is 0 Å². The molecule has 0 aromatic rings. The Kier molecular flexibility index (Phi) is 10.4. The van der Waals surface area contributed by atoms with Crippen molar-refractivity contribution in [3.63, 3.8) is 0 Å². The first kappa shape index (κ1) is 19.0. The number of hydrogen-bond donors (Lipinski definition) is 0. The van der Waals surface area contributed by atoms with E-state index in [-0.39, 0.29) is 0 Å². The SMILES string of the molecule is CCCCCCN(C)CCCCCC[N+]1(C)CCCCC1. The molecule has 0 aromatic carbocycles. The van der Waals surface area contributed by atoms with Crippen molar-refractivity contribution in [3.8, 4) is 0 Å². The average Bonchev–Trinajstić information content (AvgIpc) is 2.48. The normalized spacial score (nSPS) is 18.3.